The largest absolute Gasteiger partial charge is 0.497 e. The van der Waals surface area contributed by atoms with Gasteiger partial charge in [-0.3, -0.25) is 19.6 Å². The lowest BCUT2D eigenvalue weighted by Gasteiger charge is -2.50. The third kappa shape index (κ3) is 7.36. The van der Waals surface area contributed by atoms with Crippen LogP contribution in [0.2, 0.25) is 0 Å². The van der Waals surface area contributed by atoms with Gasteiger partial charge in [-0.1, -0.05) is 117 Å². The van der Waals surface area contributed by atoms with Gasteiger partial charge in [0.15, 0.2) is 11.2 Å². The number of methoxy groups -OCH3 is 2. The van der Waals surface area contributed by atoms with Crippen LogP contribution in [0.4, 0.5) is 5.95 Å². The highest BCUT2D eigenvalue weighted by molar-refractivity contribution is 5.91. The number of hydrogen-bond acceptors (Lipinski definition) is 9. The standard InChI is InChI=1S/C42H44N6O5/c1-29(2)39(49)45-41-44-38-37(40(46-41)52-26-30-20-22-34(51-4)23-21-30)43-28-48(38)36-25-47(24-35(53-36)27-50-3)42(31-14-8-5-9-15-31,32-16-10-6-11-17-32)33-18-12-7-13-19-33/h5-23,28-29,35-36H,24-27H2,1-4H3,(H,44,45,46,49)/t35?,36-/m1/s1. The number of amides is 1. The van der Waals surface area contributed by atoms with Crippen molar-refractivity contribution in [1.82, 2.24) is 24.4 Å². The molecule has 7 rings (SSSR count). The Labute approximate surface area is 309 Å². The smallest absolute Gasteiger partial charge is 0.247 e. The lowest BCUT2D eigenvalue weighted by atomic mass is 9.75. The highest BCUT2D eigenvalue weighted by atomic mass is 16.5. The molecule has 1 fully saturated rings. The van der Waals surface area contributed by atoms with Crippen LogP contribution in [0.25, 0.3) is 11.2 Å². The molecule has 0 bridgehead atoms. The maximum absolute atomic E-state index is 12.9. The molecule has 1 aliphatic heterocycles. The molecule has 0 spiro atoms. The number of carbonyl (C=O) groups is 1. The van der Waals surface area contributed by atoms with Crippen molar-refractivity contribution in [2.45, 2.75) is 38.3 Å². The van der Waals surface area contributed by atoms with Crippen LogP contribution in [0.15, 0.2) is 122 Å². The zero-order valence-corrected chi connectivity index (χ0v) is 30.4. The number of aromatic nitrogens is 4. The van der Waals surface area contributed by atoms with Crippen LogP contribution in [0.1, 0.15) is 42.3 Å². The minimum atomic E-state index is -0.688. The van der Waals surface area contributed by atoms with Crippen LogP contribution in [0, 0.1) is 5.92 Å². The van der Waals surface area contributed by atoms with Gasteiger partial charge < -0.3 is 18.9 Å². The zero-order valence-electron chi connectivity index (χ0n) is 30.4. The first-order chi connectivity index (χ1) is 25.9. The second-order valence-corrected chi connectivity index (χ2v) is 13.3. The third-order valence-electron chi connectivity index (χ3n) is 9.55. The molecule has 0 saturated carbocycles. The number of morpholine rings is 1. The first-order valence-electron chi connectivity index (χ1n) is 17.8. The minimum absolute atomic E-state index is 0.121. The number of carbonyl (C=O) groups excluding carboxylic acids is 1. The summed E-state index contributed by atoms with van der Waals surface area (Å²) in [5.41, 5.74) is 4.52. The van der Waals surface area contributed by atoms with E-state index in [1.807, 2.05) is 60.9 Å². The molecule has 11 heteroatoms. The molecule has 1 aliphatic rings. The van der Waals surface area contributed by atoms with E-state index in [1.54, 1.807) is 20.5 Å². The van der Waals surface area contributed by atoms with Crippen LogP contribution >= 0.6 is 0 Å². The van der Waals surface area contributed by atoms with E-state index in [1.165, 1.54) is 0 Å². The molecular formula is C42H44N6O5. The third-order valence-corrected chi connectivity index (χ3v) is 9.55. The van der Waals surface area contributed by atoms with Gasteiger partial charge in [0.2, 0.25) is 17.7 Å². The molecule has 1 amide bonds. The fourth-order valence-electron chi connectivity index (χ4n) is 6.99. The Kier molecular flexibility index (Phi) is 10.8. The topological polar surface area (TPSA) is 113 Å². The average molecular weight is 713 g/mol. The summed E-state index contributed by atoms with van der Waals surface area (Å²) in [6, 6.07) is 39.4. The molecule has 1 N–H and O–H groups in total. The molecular weight excluding hydrogens is 668 g/mol. The second kappa shape index (κ2) is 16.0. The van der Waals surface area contributed by atoms with Crippen LogP contribution in [0.3, 0.4) is 0 Å². The van der Waals surface area contributed by atoms with Gasteiger partial charge in [-0.05, 0) is 34.4 Å². The number of rotatable bonds is 13. The van der Waals surface area contributed by atoms with Crippen LogP contribution in [-0.2, 0) is 26.4 Å². The summed E-state index contributed by atoms with van der Waals surface area (Å²) in [6.07, 6.45) is 0.850. The van der Waals surface area contributed by atoms with Gasteiger partial charge in [0.05, 0.1) is 31.7 Å². The van der Waals surface area contributed by atoms with Crippen LogP contribution in [-0.4, -0.2) is 70.3 Å². The molecule has 11 nitrogen and oxygen atoms in total. The Bertz CT molecular complexity index is 2010. The Morgan fingerprint density at radius 2 is 1.45 bits per heavy atom. The Hall–Kier alpha value is -5.62. The number of ether oxygens (including phenoxy) is 4. The van der Waals surface area contributed by atoms with Gasteiger partial charge in [0, 0.05) is 26.1 Å². The van der Waals surface area contributed by atoms with Crippen molar-refractivity contribution >= 4 is 23.0 Å². The molecule has 0 aliphatic carbocycles. The van der Waals surface area contributed by atoms with Crippen molar-refractivity contribution in [1.29, 1.82) is 0 Å². The van der Waals surface area contributed by atoms with E-state index in [0.717, 1.165) is 28.0 Å². The quantitative estimate of drug-likeness (QED) is 0.129. The molecule has 272 valence electrons. The predicted molar refractivity (Wildman–Crippen MR) is 203 cm³/mol. The monoisotopic (exact) mass is 712 g/mol. The maximum atomic E-state index is 12.9. The van der Waals surface area contributed by atoms with Crippen molar-refractivity contribution < 1.29 is 23.7 Å². The van der Waals surface area contributed by atoms with Crippen molar-refractivity contribution in [2.24, 2.45) is 5.92 Å². The van der Waals surface area contributed by atoms with Gasteiger partial charge in [-0.15, -0.1) is 0 Å². The fourth-order valence-corrected chi connectivity index (χ4v) is 6.99. The van der Waals surface area contributed by atoms with E-state index in [2.05, 4.69) is 88.0 Å². The van der Waals surface area contributed by atoms with E-state index in [-0.39, 0.29) is 36.4 Å². The highest BCUT2D eigenvalue weighted by Crippen LogP contribution is 2.45. The molecule has 6 aromatic rings. The fraction of sp³-hybridized carbons (Fsp3) is 0.286. The second-order valence-electron chi connectivity index (χ2n) is 13.3. The maximum Gasteiger partial charge on any atom is 0.247 e. The molecule has 1 saturated heterocycles. The van der Waals surface area contributed by atoms with Crippen molar-refractivity contribution in [2.75, 3.05) is 39.2 Å². The van der Waals surface area contributed by atoms with Crippen LogP contribution < -0.4 is 14.8 Å². The van der Waals surface area contributed by atoms with Gasteiger partial charge >= 0.3 is 0 Å². The predicted octanol–water partition coefficient (Wildman–Crippen LogP) is 6.85. The Morgan fingerprint density at radius 3 is 2.00 bits per heavy atom. The number of nitrogens with zero attached hydrogens (tertiary/aromatic N) is 5. The summed E-state index contributed by atoms with van der Waals surface area (Å²) < 4.78 is 26.0. The summed E-state index contributed by atoms with van der Waals surface area (Å²) in [7, 11) is 3.32. The molecule has 2 atom stereocenters. The summed E-state index contributed by atoms with van der Waals surface area (Å²) in [4.78, 5) is 29.6. The SMILES string of the molecule is COCC1CN(C(c2ccccc2)(c2ccccc2)c2ccccc2)C[C@H](n2cnc3c(OCc4ccc(OC)cc4)nc(NC(=O)C(C)C)nc32)O1. The Morgan fingerprint density at radius 1 is 0.849 bits per heavy atom. The van der Waals surface area contributed by atoms with E-state index >= 15 is 0 Å². The summed E-state index contributed by atoms with van der Waals surface area (Å²) >= 11 is 0. The lowest BCUT2D eigenvalue weighted by Crippen LogP contribution is -2.57. The first kappa shape index (κ1) is 35.8. The normalized spacial score (nSPS) is 16.5. The van der Waals surface area contributed by atoms with Gasteiger partial charge in [-0.2, -0.15) is 9.97 Å². The van der Waals surface area contributed by atoms with E-state index < -0.39 is 11.8 Å². The summed E-state index contributed by atoms with van der Waals surface area (Å²) in [5.74, 6) is 0.623. The zero-order chi connectivity index (χ0) is 36.8. The van der Waals surface area contributed by atoms with Gasteiger partial charge in [0.25, 0.3) is 0 Å². The molecule has 2 aromatic heterocycles. The molecule has 1 unspecified atom stereocenters. The summed E-state index contributed by atoms with van der Waals surface area (Å²) in [6.45, 7) is 5.27. The molecule has 53 heavy (non-hydrogen) atoms. The Balaban J connectivity index is 1.34. The van der Waals surface area contributed by atoms with E-state index in [4.69, 9.17) is 28.9 Å². The number of imidazole rings is 1. The van der Waals surface area contributed by atoms with Crippen molar-refractivity contribution in [3.8, 4) is 11.6 Å². The number of anilines is 1. The molecule has 4 aromatic carbocycles. The highest BCUT2D eigenvalue weighted by Gasteiger charge is 2.46. The first-order valence-corrected chi connectivity index (χ1v) is 17.8. The van der Waals surface area contributed by atoms with E-state index in [9.17, 15) is 4.79 Å². The van der Waals surface area contributed by atoms with Crippen molar-refractivity contribution in [3.05, 3.63) is 144 Å². The number of benzene rings is 4. The number of nitrogens with one attached hydrogen (secondary N) is 1. The van der Waals surface area contributed by atoms with Gasteiger partial charge in [0.1, 0.15) is 18.6 Å². The van der Waals surface area contributed by atoms with Gasteiger partial charge in [-0.25, -0.2) is 4.98 Å². The lowest BCUT2D eigenvalue weighted by molar-refractivity contribution is -0.151. The molecule has 3 heterocycles. The number of fused-ring (bicyclic) bond motifs is 1. The summed E-state index contributed by atoms with van der Waals surface area (Å²) in [5, 5.41) is 2.86. The average Bonchev–Trinajstić information content (AvgIpc) is 3.63. The van der Waals surface area contributed by atoms with Crippen molar-refractivity contribution in [3.63, 3.8) is 0 Å². The van der Waals surface area contributed by atoms with E-state index in [0.29, 0.717) is 30.9 Å². The van der Waals surface area contributed by atoms with Crippen LogP contribution in [0.5, 0.6) is 11.6 Å². The number of hydrogen-bond donors (Lipinski definition) is 1. The molecule has 0 radical (unpaired) electrons. The minimum Gasteiger partial charge on any atom is -0.497 e.